The van der Waals surface area contributed by atoms with Gasteiger partial charge in [0.1, 0.15) is 23.8 Å². The van der Waals surface area contributed by atoms with E-state index in [4.69, 9.17) is 14.6 Å². The Hall–Kier alpha value is -5.96. The van der Waals surface area contributed by atoms with E-state index < -0.39 is 4.92 Å². The van der Waals surface area contributed by atoms with Gasteiger partial charge in [-0.2, -0.15) is 5.10 Å². The van der Waals surface area contributed by atoms with Gasteiger partial charge in [-0.05, 0) is 77.7 Å². The zero-order chi connectivity index (χ0) is 29.6. The Labute approximate surface area is 247 Å². The maximum Gasteiger partial charge on any atom is 0.294 e. The van der Waals surface area contributed by atoms with Crippen molar-refractivity contribution in [2.45, 2.75) is 6.61 Å². The van der Waals surface area contributed by atoms with Gasteiger partial charge in [-0.3, -0.25) is 15.1 Å². The highest BCUT2D eigenvalue weighted by atomic mass is 16.6. The molecule has 1 N–H and O–H groups in total. The standard InChI is InChI=1S/C34H27N5O4/c1-42-34-22-30(43-23-28-6-4-5-18-35-28)16-13-26(34)12-15-29-21-27(14-10-24-9-11-25-17-19-36-31(25)20-24)37-38(29)32-7-2-3-8-33(32)39(40)41/h2-22,36H,23H2,1H3/b14-10+,15-12+. The van der Waals surface area contributed by atoms with Crippen LogP contribution in [0.15, 0.2) is 103 Å². The van der Waals surface area contributed by atoms with Gasteiger partial charge in [0, 0.05) is 35.6 Å². The van der Waals surface area contributed by atoms with E-state index in [9.17, 15) is 10.1 Å². The molecule has 6 rings (SSSR count). The zero-order valence-electron chi connectivity index (χ0n) is 23.3. The van der Waals surface area contributed by atoms with Crippen molar-refractivity contribution in [3.8, 4) is 17.2 Å². The Morgan fingerprint density at radius 1 is 0.930 bits per heavy atom. The van der Waals surface area contributed by atoms with Crippen LogP contribution in [-0.2, 0) is 6.61 Å². The van der Waals surface area contributed by atoms with E-state index >= 15 is 0 Å². The van der Waals surface area contributed by atoms with Crippen LogP contribution >= 0.6 is 0 Å². The number of H-pyrrole nitrogens is 1. The van der Waals surface area contributed by atoms with Crippen molar-refractivity contribution in [1.29, 1.82) is 0 Å². The smallest absolute Gasteiger partial charge is 0.294 e. The number of nitro benzene ring substituents is 1. The largest absolute Gasteiger partial charge is 0.496 e. The maximum atomic E-state index is 11.8. The molecule has 0 aliphatic carbocycles. The second-order valence-corrected chi connectivity index (χ2v) is 9.66. The predicted molar refractivity (Wildman–Crippen MR) is 168 cm³/mol. The molecule has 0 saturated heterocycles. The lowest BCUT2D eigenvalue weighted by Gasteiger charge is -2.10. The van der Waals surface area contributed by atoms with Gasteiger partial charge in [0.05, 0.1) is 29.1 Å². The average molecular weight is 570 g/mol. The third-order valence-electron chi connectivity index (χ3n) is 6.84. The lowest BCUT2D eigenvalue weighted by atomic mass is 10.1. The summed E-state index contributed by atoms with van der Waals surface area (Å²) >= 11 is 0. The molecule has 0 saturated carbocycles. The summed E-state index contributed by atoms with van der Waals surface area (Å²) in [5, 5.41) is 17.7. The fourth-order valence-electron chi connectivity index (χ4n) is 4.69. The summed E-state index contributed by atoms with van der Waals surface area (Å²) in [5.41, 5.74) is 5.30. The van der Waals surface area contributed by atoms with Gasteiger partial charge < -0.3 is 14.5 Å². The van der Waals surface area contributed by atoms with Gasteiger partial charge in [-0.25, -0.2) is 4.68 Å². The van der Waals surface area contributed by atoms with Crippen LogP contribution in [0.1, 0.15) is 28.2 Å². The Morgan fingerprint density at radius 2 is 1.81 bits per heavy atom. The third-order valence-corrected chi connectivity index (χ3v) is 6.84. The van der Waals surface area contributed by atoms with Crippen molar-refractivity contribution in [1.82, 2.24) is 19.7 Å². The molecule has 43 heavy (non-hydrogen) atoms. The summed E-state index contributed by atoms with van der Waals surface area (Å²) in [6, 6.07) is 27.8. The number of ether oxygens (including phenoxy) is 2. The van der Waals surface area contributed by atoms with E-state index in [1.165, 1.54) is 6.07 Å². The molecule has 3 aromatic carbocycles. The van der Waals surface area contributed by atoms with Crippen molar-refractivity contribution >= 4 is 40.9 Å². The van der Waals surface area contributed by atoms with Crippen LogP contribution in [0.5, 0.6) is 11.5 Å². The molecule has 3 aromatic heterocycles. The third kappa shape index (κ3) is 6.20. The van der Waals surface area contributed by atoms with Gasteiger partial charge in [-0.1, -0.05) is 36.4 Å². The summed E-state index contributed by atoms with van der Waals surface area (Å²) in [4.78, 5) is 18.9. The predicted octanol–water partition coefficient (Wildman–Crippen LogP) is 7.59. The normalized spacial score (nSPS) is 11.5. The second kappa shape index (κ2) is 12.3. The number of benzene rings is 3. The number of para-hydroxylation sites is 2. The number of aromatic amines is 1. The van der Waals surface area contributed by atoms with Crippen molar-refractivity contribution in [3.63, 3.8) is 0 Å². The van der Waals surface area contributed by atoms with Crippen molar-refractivity contribution in [2.24, 2.45) is 0 Å². The summed E-state index contributed by atoms with van der Waals surface area (Å²) in [7, 11) is 1.60. The second-order valence-electron chi connectivity index (χ2n) is 9.66. The molecule has 9 heteroatoms. The topological polar surface area (TPSA) is 108 Å². The molecule has 212 valence electrons. The molecular formula is C34H27N5O4. The van der Waals surface area contributed by atoms with Crippen molar-refractivity contribution < 1.29 is 14.4 Å². The Balaban J connectivity index is 1.31. The first-order valence-corrected chi connectivity index (χ1v) is 13.6. The SMILES string of the molecule is COc1cc(OCc2ccccn2)ccc1/C=C/c1cc(/C=C/c2ccc3cc[nH]c3c2)nn1-c1ccccc1[N+](=O)[O-]. The Bertz CT molecular complexity index is 1960. The molecule has 0 amide bonds. The molecule has 0 radical (unpaired) electrons. The monoisotopic (exact) mass is 569 g/mol. The van der Waals surface area contributed by atoms with E-state index in [1.54, 1.807) is 36.2 Å². The minimum absolute atomic E-state index is 0.0417. The molecule has 0 unspecified atom stereocenters. The first-order chi connectivity index (χ1) is 21.1. The molecule has 0 atom stereocenters. The number of hydrogen-bond donors (Lipinski definition) is 1. The molecule has 0 fully saturated rings. The number of nitrogens with zero attached hydrogens (tertiary/aromatic N) is 4. The fraction of sp³-hybridized carbons (Fsp3) is 0.0588. The quantitative estimate of drug-likeness (QED) is 0.135. The molecule has 9 nitrogen and oxygen atoms in total. The average Bonchev–Trinajstić information content (AvgIpc) is 3.69. The van der Waals surface area contributed by atoms with Crippen LogP contribution in [0.3, 0.4) is 0 Å². The van der Waals surface area contributed by atoms with Gasteiger partial charge in [0.2, 0.25) is 0 Å². The van der Waals surface area contributed by atoms with Gasteiger partial charge in [0.25, 0.3) is 5.69 Å². The highest BCUT2D eigenvalue weighted by Crippen LogP contribution is 2.29. The van der Waals surface area contributed by atoms with Crippen LogP contribution in [0.4, 0.5) is 5.69 Å². The first kappa shape index (κ1) is 27.2. The summed E-state index contributed by atoms with van der Waals surface area (Å²) < 4.78 is 13.1. The highest BCUT2D eigenvalue weighted by molar-refractivity contribution is 5.83. The number of rotatable bonds is 10. The molecule has 6 aromatic rings. The van der Waals surface area contributed by atoms with E-state index in [-0.39, 0.29) is 5.69 Å². The Kier molecular flexibility index (Phi) is 7.77. The number of hydrogen-bond acceptors (Lipinski definition) is 6. The Morgan fingerprint density at radius 3 is 2.65 bits per heavy atom. The number of methoxy groups -OCH3 is 1. The fourth-order valence-corrected chi connectivity index (χ4v) is 4.69. The van der Waals surface area contributed by atoms with E-state index in [0.717, 1.165) is 27.7 Å². The number of fused-ring (bicyclic) bond motifs is 1. The van der Waals surface area contributed by atoms with Crippen molar-refractivity contribution in [2.75, 3.05) is 7.11 Å². The highest BCUT2D eigenvalue weighted by Gasteiger charge is 2.18. The lowest BCUT2D eigenvalue weighted by Crippen LogP contribution is -2.03. The number of aromatic nitrogens is 4. The van der Waals surface area contributed by atoms with Crippen molar-refractivity contribution in [3.05, 3.63) is 142 Å². The van der Waals surface area contributed by atoms with Crippen LogP contribution in [0.2, 0.25) is 0 Å². The maximum absolute atomic E-state index is 11.8. The summed E-state index contributed by atoms with van der Waals surface area (Å²) in [5.74, 6) is 1.26. The summed E-state index contributed by atoms with van der Waals surface area (Å²) in [6.07, 6.45) is 11.2. The van der Waals surface area contributed by atoms with Crippen LogP contribution in [0, 0.1) is 10.1 Å². The summed E-state index contributed by atoms with van der Waals surface area (Å²) in [6.45, 7) is 0.337. The molecular weight excluding hydrogens is 542 g/mol. The van der Waals surface area contributed by atoms with Gasteiger partial charge in [0.15, 0.2) is 0 Å². The van der Waals surface area contributed by atoms with Crippen LogP contribution in [-0.4, -0.2) is 31.8 Å². The minimum atomic E-state index is -0.404. The number of nitro groups is 1. The minimum Gasteiger partial charge on any atom is -0.496 e. The molecule has 0 bridgehead atoms. The first-order valence-electron chi connectivity index (χ1n) is 13.6. The van der Waals surface area contributed by atoms with E-state index in [0.29, 0.717) is 35.2 Å². The van der Waals surface area contributed by atoms with Gasteiger partial charge >= 0.3 is 0 Å². The number of pyridine rings is 1. The van der Waals surface area contributed by atoms with E-state index in [2.05, 4.69) is 16.0 Å². The van der Waals surface area contributed by atoms with E-state index in [1.807, 2.05) is 91.2 Å². The van der Waals surface area contributed by atoms with Gasteiger partial charge in [-0.15, -0.1) is 0 Å². The lowest BCUT2D eigenvalue weighted by molar-refractivity contribution is -0.384. The molecule has 3 heterocycles. The molecule has 0 aliphatic rings. The molecule has 0 aliphatic heterocycles. The number of nitrogens with one attached hydrogen (secondary N) is 1. The van der Waals surface area contributed by atoms with Crippen LogP contribution < -0.4 is 9.47 Å². The zero-order valence-corrected chi connectivity index (χ0v) is 23.3. The molecule has 0 spiro atoms. The van der Waals surface area contributed by atoms with Crippen LogP contribution in [0.25, 0.3) is 40.9 Å².